The van der Waals surface area contributed by atoms with Crippen LogP contribution in [-0.4, -0.2) is 29.4 Å². The molecule has 0 saturated heterocycles. The Morgan fingerprint density at radius 1 is 1.29 bits per heavy atom. The van der Waals surface area contributed by atoms with Gasteiger partial charge in [-0.3, -0.25) is 4.79 Å². The number of fused-ring (bicyclic) bond motifs is 1. The van der Waals surface area contributed by atoms with Crippen molar-refractivity contribution in [1.82, 2.24) is 10.2 Å². The molecule has 1 aromatic rings. The molecule has 0 fully saturated rings. The minimum Gasteiger partial charge on any atom is -0.339 e. The lowest BCUT2D eigenvalue weighted by Gasteiger charge is -2.33. The zero-order valence-electron chi connectivity index (χ0n) is 13.6. The van der Waals surface area contributed by atoms with Crippen LogP contribution in [0.5, 0.6) is 0 Å². The lowest BCUT2D eigenvalue weighted by Crippen LogP contribution is -2.51. The lowest BCUT2D eigenvalue weighted by molar-refractivity contribution is -0.135. The predicted molar refractivity (Wildman–Crippen MR) is 87.1 cm³/mol. The predicted octanol–water partition coefficient (Wildman–Crippen LogP) is 3.13. The summed E-state index contributed by atoms with van der Waals surface area (Å²) in [6.45, 7) is 8.10. The number of amides is 1. The largest absolute Gasteiger partial charge is 0.339 e. The van der Waals surface area contributed by atoms with Crippen LogP contribution in [0.4, 0.5) is 0 Å². The summed E-state index contributed by atoms with van der Waals surface area (Å²) in [4.78, 5) is 14.9. The Bertz CT molecular complexity index is 470. The number of rotatable bonds is 6. The van der Waals surface area contributed by atoms with Crippen molar-refractivity contribution in [1.29, 1.82) is 0 Å². The summed E-state index contributed by atoms with van der Waals surface area (Å²) in [6.07, 6.45) is 4.29. The molecule has 2 rings (SSSR count). The molecule has 0 aromatic heterocycles. The van der Waals surface area contributed by atoms with Crippen LogP contribution in [0.25, 0.3) is 0 Å². The van der Waals surface area contributed by atoms with Crippen LogP contribution in [0, 0.1) is 0 Å². The zero-order chi connectivity index (χ0) is 15.2. The molecule has 1 N–H and O–H groups in total. The fourth-order valence-corrected chi connectivity index (χ4v) is 2.98. The van der Waals surface area contributed by atoms with Crippen LogP contribution in [0.2, 0.25) is 0 Å². The molecule has 116 valence electrons. The van der Waals surface area contributed by atoms with Gasteiger partial charge in [-0.25, -0.2) is 0 Å². The normalized spacial score (nSPS) is 17.6. The van der Waals surface area contributed by atoms with E-state index in [1.165, 1.54) is 24.0 Å². The Morgan fingerprint density at radius 3 is 2.67 bits per heavy atom. The fourth-order valence-electron chi connectivity index (χ4n) is 2.98. The molecule has 0 spiro atoms. The molecule has 0 aliphatic carbocycles. The second-order valence-corrected chi connectivity index (χ2v) is 6.24. The summed E-state index contributed by atoms with van der Waals surface area (Å²) in [6, 6.07) is 8.62. The summed E-state index contributed by atoms with van der Waals surface area (Å²) in [5, 5.41) is 3.41. The first kappa shape index (κ1) is 16.0. The van der Waals surface area contributed by atoms with Gasteiger partial charge in [-0.2, -0.15) is 0 Å². The van der Waals surface area contributed by atoms with Gasteiger partial charge >= 0.3 is 0 Å². The number of nitrogens with one attached hydrogen (secondary N) is 1. The lowest BCUT2D eigenvalue weighted by atomic mass is 9.95. The van der Waals surface area contributed by atoms with Crippen molar-refractivity contribution in [2.75, 3.05) is 6.54 Å². The SMILES string of the molecule is CCCCCN(C(=O)[C@@H]1Cc2ccccc2CN1)C(C)C. The van der Waals surface area contributed by atoms with E-state index in [2.05, 4.69) is 50.4 Å². The van der Waals surface area contributed by atoms with Crippen LogP contribution in [0.3, 0.4) is 0 Å². The zero-order valence-corrected chi connectivity index (χ0v) is 13.6. The second-order valence-electron chi connectivity index (χ2n) is 6.24. The standard InChI is InChI=1S/C18H28N2O/c1-4-5-8-11-20(14(2)3)18(21)17-12-15-9-6-7-10-16(15)13-19-17/h6-7,9-10,14,17,19H,4-5,8,11-13H2,1-3H3/t17-/m0/s1. The number of benzene rings is 1. The third kappa shape index (κ3) is 4.07. The van der Waals surface area contributed by atoms with E-state index in [4.69, 9.17) is 0 Å². The monoisotopic (exact) mass is 288 g/mol. The maximum Gasteiger partial charge on any atom is 0.240 e. The highest BCUT2D eigenvalue weighted by Gasteiger charge is 2.28. The van der Waals surface area contributed by atoms with Crippen molar-refractivity contribution in [3.63, 3.8) is 0 Å². The van der Waals surface area contributed by atoms with Gasteiger partial charge in [0.25, 0.3) is 0 Å². The average molecular weight is 288 g/mol. The van der Waals surface area contributed by atoms with Crippen molar-refractivity contribution in [3.8, 4) is 0 Å². The minimum absolute atomic E-state index is 0.0658. The summed E-state index contributed by atoms with van der Waals surface area (Å²) >= 11 is 0. The quantitative estimate of drug-likeness (QED) is 0.816. The Kier molecular flexibility index (Phi) is 5.80. The van der Waals surface area contributed by atoms with Gasteiger partial charge in [0.1, 0.15) is 0 Å². The van der Waals surface area contributed by atoms with Crippen LogP contribution >= 0.6 is 0 Å². The van der Waals surface area contributed by atoms with Gasteiger partial charge in [0.2, 0.25) is 5.91 Å². The highest BCUT2D eigenvalue weighted by molar-refractivity contribution is 5.82. The van der Waals surface area contributed by atoms with E-state index in [-0.39, 0.29) is 18.0 Å². The summed E-state index contributed by atoms with van der Waals surface area (Å²) in [5.41, 5.74) is 2.63. The van der Waals surface area contributed by atoms with E-state index in [1.54, 1.807) is 0 Å². The van der Waals surface area contributed by atoms with Crippen molar-refractivity contribution in [2.45, 2.75) is 65.1 Å². The number of unbranched alkanes of at least 4 members (excludes halogenated alkanes) is 2. The first-order valence-electron chi connectivity index (χ1n) is 8.24. The van der Waals surface area contributed by atoms with Crippen molar-refractivity contribution >= 4 is 5.91 Å². The number of hydrogen-bond donors (Lipinski definition) is 1. The summed E-state index contributed by atoms with van der Waals surface area (Å²) in [5.74, 6) is 0.260. The first-order chi connectivity index (χ1) is 10.1. The molecule has 21 heavy (non-hydrogen) atoms. The topological polar surface area (TPSA) is 32.3 Å². The Morgan fingerprint density at radius 2 is 2.00 bits per heavy atom. The van der Waals surface area contributed by atoms with Crippen LogP contribution in [0.1, 0.15) is 51.2 Å². The van der Waals surface area contributed by atoms with Gasteiger partial charge in [-0.1, -0.05) is 44.0 Å². The third-order valence-electron chi connectivity index (χ3n) is 4.29. The number of carbonyl (C=O) groups is 1. The van der Waals surface area contributed by atoms with Crippen LogP contribution in [0.15, 0.2) is 24.3 Å². The number of nitrogens with zero attached hydrogens (tertiary/aromatic N) is 1. The molecule has 3 nitrogen and oxygen atoms in total. The molecule has 1 atom stereocenters. The van der Waals surface area contributed by atoms with E-state index < -0.39 is 0 Å². The van der Waals surface area contributed by atoms with E-state index in [1.807, 2.05) is 4.90 Å². The van der Waals surface area contributed by atoms with Gasteiger partial charge in [-0.05, 0) is 37.8 Å². The second kappa shape index (κ2) is 7.60. The maximum absolute atomic E-state index is 12.8. The molecular weight excluding hydrogens is 260 g/mol. The van der Waals surface area contributed by atoms with Crippen molar-refractivity contribution in [2.24, 2.45) is 0 Å². The number of carbonyl (C=O) groups excluding carboxylic acids is 1. The molecule has 1 aliphatic heterocycles. The Hall–Kier alpha value is -1.35. The Labute approximate surface area is 128 Å². The molecule has 1 heterocycles. The smallest absolute Gasteiger partial charge is 0.240 e. The highest BCUT2D eigenvalue weighted by Crippen LogP contribution is 2.18. The molecule has 0 saturated carbocycles. The molecule has 0 unspecified atom stereocenters. The molecule has 3 heteroatoms. The van der Waals surface area contributed by atoms with E-state index in [9.17, 15) is 4.79 Å². The molecule has 0 bridgehead atoms. The van der Waals surface area contributed by atoms with Crippen LogP contribution in [-0.2, 0) is 17.8 Å². The van der Waals surface area contributed by atoms with Gasteiger partial charge in [0.15, 0.2) is 0 Å². The summed E-state index contributed by atoms with van der Waals surface area (Å²) in [7, 11) is 0. The van der Waals surface area contributed by atoms with Crippen LogP contribution < -0.4 is 5.32 Å². The van der Waals surface area contributed by atoms with Gasteiger partial charge < -0.3 is 10.2 Å². The van der Waals surface area contributed by atoms with Crippen molar-refractivity contribution in [3.05, 3.63) is 35.4 Å². The van der Waals surface area contributed by atoms with Gasteiger partial charge in [-0.15, -0.1) is 0 Å². The van der Waals surface area contributed by atoms with Gasteiger partial charge in [0, 0.05) is 19.1 Å². The number of hydrogen-bond acceptors (Lipinski definition) is 2. The van der Waals surface area contributed by atoms with Crippen molar-refractivity contribution < 1.29 is 4.79 Å². The molecule has 1 aromatic carbocycles. The van der Waals surface area contributed by atoms with E-state index in [0.717, 1.165) is 25.9 Å². The fraction of sp³-hybridized carbons (Fsp3) is 0.611. The average Bonchev–Trinajstić information content (AvgIpc) is 2.50. The Balaban J connectivity index is 2.01. The first-order valence-corrected chi connectivity index (χ1v) is 8.24. The minimum atomic E-state index is -0.0658. The van der Waals surface area contributed by atoms with E-state index >= 15 is 0 Å². The molecule has 1 amide bonds. The molecule has 0 radical (unpaired) electrons. The highest BCUT2D eigenvalue weighted by atomic mass is 16.2. The van der Waals surface area contributed by atoms with Gasteiger partial charge in [0.05, 0.1) is 6.04 Å². The maximum atomic E-state index is 12.8. The third-order valence-corrected chi connectivity index (χ3v) is 4.29. The van der Waals surface area contributed by atoms with E-state index in [0.29, 0.717) is 0 Å². The molecule has 1 aliphatic rings. The molecular formula is C18H28N2O. The summed E-state index contributed by atoms with van der Waals surface area (Å²) < 4.78 is 0.